The van der Waals surface area contributed by atoms with E-state index in [1.165, 1.54) is 6.07 Å². The highest BCUT2D eigenvalue weighted by molar-refractivity contribution is 6.32. The first-order valence-corrected chi connectivity index (χ1v) is 5.39. The zero-order chi connectivity index (χ0) is 14.6. The molecule has 0 fully saturated rings. The summed E-state index contributed by atoms with van der Waals surface area (Å²) in [6.45, 7) is 0. The number of rotatable bonds is 4. The predicted octanol–water partition coefficient (Wildman–Crippen LogP) is 1.68. The first-order chi connectivity index (χ1) is 8.92. The third-order valence-corrected chi connectivity index (χ3v) is 2.71. The van der Waals surface area contributed by atoms with Gasteiger partial charge < -0.3 is 9.47 Å². The lowest BCUT2D eigenvalue weighted by Gasteiger charge is -2.13. The predicted molar refractivity (Wildman–Crippen MR) is 64.9 cm³/mol. The molecular formula is C11H10ClNO6. The van der Waals surface area contributed by atoms with Crippen molar-refractivity contribution in [2.24, 2.45) is 0 Å². The fraction of sp³-hybridized carbons (Fsp3) is 0.273. The minimum atomic E-state index is -1.37. The molecule has 102 valence electrons. The number of hydrogen-bond donors (Lipinski definition) is 0. The molecule has 0 aliphatic heterocycles. The molecule has 0 aliphatic carbocycles. The number of non-ortho nitro benzene ring substituents is 1. The van der Waals surface area contributed by atoms with Gasteiger partial charge in [-0.1, -0.05) is 11.6 Å². The topological polar surface area (TPSA) is 95.7 Å². The highest BCUT2D eigenvalue weighted by atomic mass is 35.5. The minimum absolute atomic E-state index is 0.0880. The third-order valence-electron chi connectivity index (χ3n) is 2.38. The number of nitro benzene ring substituents is 1. The zero-order valence-corrected chi connectivity index (χ0v) is 10.8. The number of hydrogen-bond acceptors (Lipinski definition) is 6. The first-order valence-electron chi connectivity index (χ1n) is 5.01. The van der Waals surface area contributed by atoms with E-state index >= 15 is 0 Å². The fourth-order valence-electron chi connectivity index (χ4n) is 1.45. The van der Waals surface area contributed by atoms with Crippen molar-refractivity contribution in [3.8, 4) is 0 Å². The summed E-state index contributed by atoms with van der Waals surface area (Å²) in [5.41, 5.74) is -0.159. The van der Waals surface area contributed by atoms with Gasteiger partial charge in [0.25, 0.3) is 5.69 Å². The largest absolute Gasteiger partial charge is 0.468 e. The van der Waals surface area contributed by atoms with Crippen molar-refractivity contribution in [1.29, 1.82) is 0 Å². The molecule has 0 saturated carbocycles. The van der Waals surface area contributed by atoms with Crippen LogP contribution < -0.4 is 0 Å². The van der Waals surface area contributed by atoms with Crippen LogP contribution in [0.25, 0.3) is 0 Å². The number of benzene rings is 1. The Morgan fingerprint density at radius 3 is 2.16 bits per heavy atom. The van der Waals surface area contributed by atoms with Gasteiger partial charge >= 0.3 is 11.9 Å². The summed E-state index contributed by atoms with van der Waals surface area (Å²) < 4.78 is 8.98. The average molecular weight is 288 g/mol. The maximum Gasteiger partial charge on any atom is 0.324 e. The van der Waals surface area contributed by atoms with Crippen LogP contribution in [0.3, 0.4) is 0 Å². The molecule has 0 unspecified atom stereocenters. The van der Waals surface area contributed by atoms with Crippen LogP contribution in [0.5, 0.6) is 0 Å². The number of carbonyl (C=O) groups is 2. The van der Waals surface area contributed by atoms with Gasteiger partial charge in [-0.05, 0) is 11.6 Å². The van der Waals surface area contributed by atoms with Gasteiger partial charge in [-0.25, -0.2) is 0 Å². The lowest BCUT2D eigenvalue weighted by molar-refractivity contribution is -0.384. The van der Waals surface area contributed by atoms with E-state index in [0.717, 1.165) is 26.4 Å². The maximum absolute atomic E-state index is 11.6. The Balaban J connectivity index is 3.27. The van der Waals surface area contributed by atoms with E-state index in [2.05, 4.69) is 9.47 Å². The molecule has 0 amide bonds. The molecule has 0 atom stereocenters. The van der Waals surface area contributed by atoms with Crippen molar-refractivity contribution < 1.29 is 24.0 Å². The Morgan fingerprint density at radius 1 is 1.26 bits per heavy atom. The van der Waals surface area contributed by atoms with E-state index in [-0.39, 0.29) is 16.3 Å². The SMILES string of the molecule is COC(=O)C(C(=O)OC)c1ccc([N+](=O)[O-])cc1Cl. The van der Waals surface area contributed by atoms with Crippen LogP contribution in [0.15, 0.2) is 18.2 Å². The van der Waals surface area contributed by atoms with E-state index in [9.17, 15) is 19.7 Å². The molecule has 0 aliphatic rings. The van der Waals surface area contributed by atoms with Gasteiger partial charge in [0.2, 0.25) is 0 Å². The zero-order valence-electron chi connectivity index (χ0n) is 10.1. The van der Waals surface area contributed by atoms with Crippen molar-refractivity contribution in [3.63, 3.8) is 0 Å². The lowest BCUT2D eigenvalue weighted by atomic mass is 9.99. The Morgan fingerprint density at radius 2 is 1.79 bits per heavy atom. The molecule has 1 aromatic carbocycles. The third kappa shape index (κ3) is 3.19. The standard InChI is InChI=1S/C11H10ClNO6/c1-18-10(14)9(11(15)19-2)7-4-3-6(13(16)17)5-8(7)12/h3-5,9H,1-2H3. The Labute approximate surface area is 113 Å². The summed E-state index contributed by atoms with van der Waals surface area (Å²) in [7, 11) is 2.22. The summed E-state index contributed by atoms with van der Waals surface area (Å²) in [5, 5.41) is 10.5. The van der Waals surface area contributed by atoms with Crippen molar-refractivity contribution in [2.75, 3.05) is 14.2 Å². The summed E-state index contributed by atoms with van der Waals surface area (Å²) in [6.07, 6.45) is 0. The molecule has 1 rings (SSSR count). The fourth-order valence-corrected chi connectivity index (χ4v) is 1.73. The molecule has 0 N–H and O–H groups in total. The number of esters is 2. The van der Waals surface area contributed by atoms with Crippen LogP contribution in [-0.4, -0.2) is 31.1 Å². The monoisotopic (exact) mass is 287 g/mol. The summed E-state index contributed by atoms with van der Waals surface area (Å²) in [6, 6.07) is 3.41. The number of halogens is 1. The molecular weight excluding hydrogens is 278 g/mol. The van der Waals surface area contributed by atoms with Crippen LogP contribution in [0.4, 0.5) is 5.69 Å². The number of methoxy groups -OCH3 is 2. The summed E-state index contributed by atoms with van der Waals surface area (Å²) in [4.78, 5) is 33.1. The van der Waals surface area contributed by atoms with E-state index in [1.54, 1.807) is 0 Å². The van der Waals surface area contributed by atoms with Gasteiger partial charge in [0, 0.05) is 12.1 Å². The number of nitro groups is 1. The van der Waals surface area contributed by atoms with Crippen LogP contribution in [0.1, 0.15) is 11.5 Å². The number of carbonyl (C=O) groups excluding carboxylic acids is 2. The molecule has 1 aromatic rings. The van der Waals surface area contributed by atoms with Gasteiger partial charge in [0.05, 0.1) is 24.2 Å². The first kappa shape index (κ1) is 14.9. The second kappa shape index (κ2) is 6.14. The van der Waals surface area contributed by atoms with Gasteiger partial charge in [0.1, 0.15) is 0 Å². The molecule has 0 spiro atoms. The van der Waals surface area contributed by atoms with Crippen molar-refractivity contribution >= 4 is 29.2 Å². The Bertz CT molecular complexity index is 514. The van der Waals surface area contributed by atoms with Crippen molar-refractivity contribution in [2.45, 2.75) is 5.92 Å². The van der Waals surface area contributed by atoms with Gasteiger partial charge in [-0.2, -0.15) is 0 Å². The van der Waals surface area contributed by atoms with Crippen LogP contribution >= 0.6 is 11.6 Å². The molecule has 7 nitrogen and oxygen atoms in total. The quantitative estimate of drug-likeness (QED) is 0.362. The number of ether oxygens (including phenoxy) is 2. The Hall–Kier alpha value is -2.15. The second-order valence-corrected chi connectivity index (χ2v) is 3.85. The Kier molecular flexibility index (Phi) is 4.82. The van der Waals surface area contributed by atoms with Gasteiger partial charge in [0.15, 0.2) is 5.92 Å². The molecule has 0 radical (unpaired) electrons. The molecule has 0 aromatic heterocycles. The molecule has 0 saturated heterocycles. The minimum Gasteiger partial charge on any atom is -0.468 e. The molecule has 0 bridgehead atoms. The van der Waals surface area contributed by atoms with Crippen LogP contribution in [-0.2, 0) is 19.1 Å². The van der Waals surface area contributed by atoms with E-state index < -0.39 is 22.8 Å². The second-order valence-electron chi connectivity index (χ2n) is 3.44. The van der Waals surface area contributed by atoms with Gasteiger partial charge in [-0.3, -0.25) is 19.7 Å². The lowest BCUT2D eigenvalue weighted by Crippen LogP contribution is -2.24. The van der Waals surface area contributed by atoms with Crippen molar-refractivity contribution in [3.05, 3.63) is 38.9 Å². The summed E-state index contributed by atoms with van der Waals surface area (Å²) >= 11 is 5.85. The number of nitrogens with zero attached hydrogens (tertiary/aromatic N) is 1. The maximum atomic E-state index is 11.6. The van der Waals surface area contributed by atoms with E-state index in [4.69, 9.17) is 11.6 Å². The van der Waals surface area contributed by atoms with Crippen molar-refractivity contribution in [1.82, 2.24) is 0 Å². The van der Waals surface area contributed by atoms with E-state index in [0.29, 0.717) is 0 Å². The molecule has 19 heavy (non-hydrogen) atoms. The molecule has 0 heterocycles. The van der Waals surface area contributed by atoms with Gasteiger partial charge in [-0.15, -0.1) is 0 Å². The van der Waals surface area contributed by atoms with Crippen LogP contribution in [0.2, 0.25) is 5.02 Å². The normalized spacial score (nSPS) is 10.1. The molecule has 8 heteroatoms. The van der Waals surface area contributed by atoms with E-state index in [1.807, 2.05) is 0 Å². The average Bonchev–Trinajstić information content (AvgIpc) is 2.39. The highest BCUT2D eigenvalue weighted by Gasteiger charge is 2.33. The smallest absolute Gasteiger partial charge is 0.324 e. The van der Waals surface area contributed by atoms with Crippen LogP contribution in [0, 0.1) is 10.1 Å². The highest BCUT2D eigenvalue weighted by Crippen LogP contribution is 2.30. The summed E-state index contributed by atoms with van der Waals surface area (Å²) in [5.74, 6) is -3.09.